The van der Waals surface area contributed by atoms with Crippen molar-refractivity contribution in [2.75, 3.05) is 12.4 Å². The van der Waals surface area contributed by atoms with Crippen LogP contribution in [-0.4, -0.2) is 33.3 Å². The van der Waals surface area contributed by atoms with Crippen LogP contribution in [0.15, 0.2) is 45.9 Å². The van der Waals surface area contributed by atoms with Crippen LogP contribution in [0.1, 0.15) is 30.0 Å². The first-order valence-corrected chi connectivity index (χ1v) is 9.83. The molecule has 0 aliphatic heterocycles. The van der Waals surface area contributed by atoms with Gasteiger partial charge in [-0.3, -0.25) is 9.59 Å². The van der Waals surface area contributed by atoms with Gasteiger partial charge in [-0.1, -0.05) is 19.9 Å². The Labute approximate surface area is 158 Å². The second-order valence-electron chi connectivity index (χ2n) is 6.35. The Kier molecular flexibility index (Phi) is 6.40. The maximum Gasteiger partial charge on any atom is 0.287 e. The van der Waals surface area contributed by atoms with Crippen molar-refractivity contribution in [3.63, 3.8) is 0 Å². The molecule has 0 saturated carbocycles. The molecule has 0 fully saturated rings. The average molecular weight is 393 g/mol. The lowest BCUT2D eigenvalue weighted by atomic mass is 10.0. The van der Waals surface area contributed by atoms with Crippen molar-refractivity contribution >= 4 is 27.5 Å². The van der Waals surface area contributed by atoms with E-state index in [2.05, 4.69) is 15.4 Å². The molecule has 0 bridgehead atoms. The normalized spacial score (nSPS) is 12.6. The number of hydrogen-bond donors (Lipinski definition) is 3. The Bertz CT molecular complexity index is 920. The van der Waals surface area contributed by atoms with E-state index < -0.39 is 27.9 Å². The molecule has 1 aromatic heterocycles. The Balaban J connectivity index is 2.20. The molecular weight excluding hydrogens is 370 g/mol. The van der Waals surface area contributed by atoms with Crippen molar-refractivity contribution in [2.45, 2.75) is 31.7 Å². The van der Waals surface area contributed by atoms with Crippen LogP contribution in [0.5, 0.6) is 0 Å². The van der Waals surface area contributed by atoms with Gasteiger partial charge in [-0.15, -0.1) is 0 Å². The standard InChI is InChI=1S/C18H23N3O5S/c1-11(2)16(21-17(22)14-6-5-9-26-14)18(23)20-13-8-7-12(3)15(10-13)27(24,25)19-4/h5-11,16,19H,1-4H3,(H,20,23)(H,21,22)/t16-/m0/s1. The average Bonchev–Trinajstić information content (AvgIpc) is 3.15. The lowest BCUT2D eigenvalue weighted by molar-refractivity contribution is -0.118. The number of carbonyl (C=O) groups is 2. The molecule has 0 unspecified atom stereocenters. The summed E-state index contributed by atoms with van der Waals surface area (Å²) in [6.45, 7) is 5.24. The summed E-state index contributed by atoms with van der Waals surface area (Å²) >= 11 is 0. The van der Waals surface area contributed by atoms with Crippen LogP contribution >= 0.6 is 0 Å². The number of aryl methyl sites for hydroxylation is 1. The second kappa shape index (κ2) is 8.36. The zero-order chi connectivity index (χ0) is 20.2. The number of carbonyl (C=O) groups excluding carboxylic acids is 2. The summed E-state index contributed by atoms with van der Waals surface area (Å²) in [4.78, 5) is 24.9. The predicted octanol–water partition coefficient (Wildman–Crippen LogP) is 1.89. The summed E-state index contributed by atoms with van der Waals surface area (Å²) in [7, 11) is -2.34. The first-order chi connectivity index (χ1) is 12.7. The molecule has 0 aliphatic carbocycles. The first kappa shape index (κ1) is 20.7. The maximum absolute atomic E-state index is 12.7. The minimum absolute atomic E-state index is 0.0727. The number of benzene rings is 1. The van der Waals surface area contributed by atoms with E-state index in [9.17, 15) is 18.0 Å². The van der Waals surface area contributed by atoms with Crippen LogP contribution in [-0.2, 0) is 14.8 Å². The SMILES string of the molecule is CNS(=O)(=O)c1cc(NC(=O)[C@@H](NC(=O)c2ccco2)C(C)C)ccc1C. The molecule has 9 heteroatoms. The minimum Gasteiger partial charge on any atom is -0.459 e. The Morgan fingerprint density at radius 2 is 1.85 bits per heavy atom. The predicted molar refractivity (Wildman–Crippen MR) is 101 cm³/mol. The van der Waals surface area contributed by atoms with Gasteiger partial charge in [0.1, 0.15) is 6.04 Å². The van der Waals surface area contributed by atoms with Gasteiger partial charge in [0, 0.05) is 5.69 Å². The lowest BCUT2D eigenvalue weighted by Gasteiger charge is -2.21. The van der Waals surface area contributed by atoms with Gasteiger partial charge in [0.2, 0.25) is 15.9 Å². The zero-order valence-corrected chi connectivity index (χ0v) is 16.4. The number of amides is 2. The number of hydrogen-bond acceptors (Lipinski definition) is 5. The third-order valence-electron chi connectivity index (χ3n) is 3.99. The molecule has 1 atom stereocenters. The van der Waals surface area contributed by atoms with Crippen molar-refractivity contribution < 1.29 is 22.4 Å². The highest BCUT2D eigenvalue weighted by Gasteiger charge is 2.26. The van der Waals surface area contributed by atoms with Gasteiger partial charge in [0.05, 0.1) is 11.2 Å². The number of furan rings is 1. The zero-order valence-electron chi connectivity index (χ0n) is 15.6. The molecule has 2 amide bonds. The topological polar surface area (TPSA) is 118 Å². The van der Waals surface area contributed by atoms with Crippen LogP contribution < -0.4 is 15.4 Å². The molecule has 0 spiro atoms. The molecule has 2 aromatic rings. The summed E-state index contributed by atoms with van der Waals surface area (Å²) in [5.41, 5.74) is 0.867. The van der Waals surface area contributed by atoms with E-state index in [-0.39, 0.29) is 16.6 Å². The van der Waals surface area contributed by atoms with Gasteiger partial charge in [-0.05, 0) is 49.7 Å². The van der Waals surface area contributed by atoms with Crippen molar-refractivity contribution in [1.29, 1.82) is 0 Å². The summed E-state index contributed by atoms with van der Waals surface area (Å²) in [6, 6.07) is 6.84. The van der Waals surface area contributed by atoms with Crippen molar-refractivity contribution in [1.82, 2.24) is 10.0 Å². The summed E-state index contributed by atoms with van der Waals surface area (Å²) in [5.74, 6) is -1.06. The van der Waals surface area contributed by atoms with Gasteiger partial charge < -0.3 is 15.1 Å². The number of nitrogens with one attached hydrogen (secondary N) is 3. The van der Waals surface area contributed by atoms with Crippen LogP contribution in [0.4, 0.5) is 5.69 Å². The third kappa shape index (κ3) is 4.95. The van der Waals surface area contributed by atoms with Crippen molar-refractivity contribution in [3.8, 4) is 0 Å². The van der Waals surface area contributed by atoms with Crippen molar-refractivity contribution in [3.05, 3.63) is 47.9 Å². The Morgan fingerprint density at radius 3 is 2.41 bits per heavy atom. The monoisotopic (exact) mass is 393 g/mol. The second-order valence-corrected chi connectivity index (χ2v) is 8.20. The molecule has 2 rings (SSSR count). The molecule has 1 heterocycles. The van der Waals surface area contributed by atoms with Crippen LogP contribution in [0.2, 0.25) is 0 Å². The fraction of sp³-hybridized carbons (Fsp3) is 0.333. The highest BCUT2D eigenvalue weighted by molar-refractivity contribution is 7.89. The summed E-state index contributed by atoms with van der Waals surface area (Å²) in [6.07, 6.45) is 1.37. The van der Waals surface area contributed by atoms with E-state index >= 15 is 0 Å². The van der Waals surface area contributed by atoms with Gasteiger partial charge in [-0.25, -0.2) is 13.1 Å². The van der Waals surface area contributed by atoms with E-state index in [1.807, 2.05) is 0 Å². The Hall–Kier alpha value is -2.65. The lowest BCUT2D eigenvalue weighted by Crippen LogP contribution is -2.47. The van der Waals surface area contributed by atoms with E-state index in [1.54, 1.807) is 39.0 Å². The maximum atomic E-state index is 12.7. The molecule has 27 heavy (non-hydrogen) atoms. The smallest absolute Gasteiger partial charge is 0.287 e. The highest BCUT2D eigenvalue weighted by Crippen LogP contribution is 2.20. The molecule has 146 valence electrons. The molecule has 3 N–H and O–H groups in total. The fourth-order valence-corrected chi connectivity index (χ4v) is 3.45. The molecule has 1 aromatic carbocycles. The van der Waals surface area contributed by atoms with Crippen molar-refractivity contribution in [2.24, 2.45) is 5.92 Å². The molecule has 0 saturated heterocycles. The van der Waals surface area contributed by atoms with E-state index in [4.69, 9.17) is 4.42 Å². The van der Waals surface area contributed by atoms with Gasteiger partial charge in [-0.2, -0.15) is 0 Å². The van der Waals surface area contributed by atoms with Crippen LogP contribution in [0.25, 0.3) is 0 Å². The van der Waals surface area contributed by atoms with E-state index in [1.165, 1.54) is 25.4 Å². The summed E-state index contributed by atoms with van der Waals surface area (Å²) in [5, 5.41) is 5.29. The quantitative estimate of drug-likeness (QED) is 0.664. The number of anilines is 1. The number of sulfonamides is 1. The largest absolute Gasteiger partial charge is 0.459 e. The van der Waals surface area contributed by atoms with Gasteiger partial charge in [0.15, 0.2) is 5.76 Å². The highest BCUT2D eigenvalue weighted by atomic mass is 32.2. The first-order valence-electron chi connectivity index (χ1n) is 8.35. The molecule has 0 radical (unpaired) electrons. The third-order valence-corrected chi connectivity index (χ3v) is 5.55. The van der Waals surface area contributed by atoms with Crippen LogP contribution in [0.3, 0.4) is 0 Å². The molecular formula is C18H23N3O5S. The fourth-order valence-electron chi connectivity index (χ4n) is 2.45. The van der Waals surface area contributed by atoms with Gasteiger partial charge >= 0.3 is 0 Å². The molecule has 0 aliphatic rings. The van der Waals surface area contributed by atoms with Gasteiger partial charge in [0.25, 0.3) is 5.91 Å². The number of rotatable bonds is 7. The molecule has 8 nitrogen and oxygen atoms in total. The summed E-state index contributed by atoms with van der Waals surface area (Å²) < 4.78 is 31.5. The minimum atomic E-state index is -3.66. The van der Waals surface area contributed by atoms with E-state index in [0.717, 1.165) is 0 Å². The van der Waals surface area contributed by atoms with Crippen LogP contribution in [0, 0.1) is 12.8 Å². The Morgan fingerprint density at radius 1 is 1.15 bits per heavy atom. The van der Waals surface area contributed by atoms with E-state index in [0.29, 0.717) is 11.3 Å².